The average Bonchev–Trinajstić information content (AvgIpc) is 2.95. The molecule has 0 aromatic carbocycles. The van der Waals surface area contributed by atoms with Crippen LogP contribution in [0.5, 0.6) is 0 Å². The number of hydrogen-bond donors (Lipinski definition) is 0. The molecule has 0 unspecified atom stereocenters. The van der Waals surface area contributed by atoms with E-state index in [-0.39, 0.29) is 12.2 Å². The molecule has 0 fully saturated rings. The summed E-state index contributed by atoms with van der Waals surface area (Å²) in [5, 5.41) is 0. The van der Waals surface area contributed by atoms with Crippen LogP contribution in [-0.4, -0.2) is 17.9 Å². The maximum Gasteiger partial charge on any atom is 0.382 e. The standard InChI is InChI=1S/C22H32O5/c1-2-3-4-5-6-7-8-9-10-11-12-13-14-15-16-17-20(23)26-19-18-21(24)27-22(19)25/h6-7,9-10,18H,2-5,8,11-17H2,1H3/b7-6-,10-9-. The summed E-state index contributed by atoms with van der Waals surface area (Å²) in [4.78, 5) is 33.6. The van der Waals surface area contributed by atoms with Crippen molar-refractivity contribution >= 4 is 17.9 Å². The molecule has 0 aromatic rings. The zero-order valence-corrected chi connectivity index (χ0v) is 16.4. The van der Waals surface area contributed by atoms with Crippen molar-refractivity contribution in [3.8, 4) is 0 Å². The van der Waals surface area contributed by atoms with Gasteiger partial charge in [0, 0.05) is 6.42 Å². The molecule has 0 radical (unpaired) electrons. The first-order valence-electron chi connectivity index (χ1n) is 10.1. The van der Waals surface area contributed by atoms with Gasteiger partial charge in [0.15, 0.2) is 0 Å². The van der Waals surface area contributed by atoms with Crippen molar-refractivity contribution in [3.05, 3.63) is 36.1 Å². The molecule has 150 valence electrons. The molecular weight excluding hydrogens is 344 g/mol. The summed E-state index contributed by atoms with van der Waals surface area (Å²) in [5.41, 5.74) is 0. The van der Waals surface area contributed by atoms with Crippen LogP contribution in [0, 0.1) is 0 Å². The molecular formula is C22H32O5. The first-order chi connectivity index (χ1) is 13.1. The van der Waals surface area contributed by atoms with Gasteiger partial charge in [-0.1, -0.05) is 63.3 Å². The summed E-state index contributed by atoms with van der Waals surface area (Å²) in [6.07, 6.45) is 22.3. The Morgan fingerprint density at radius 2 is 1.56 bits per heavy atom. The van der Waals surface area contributed by atoms with Crippen LogP contribution < -0.4 is 0 Å². The van der Waals surface area contributed by atoms with Gasteiger partial charge in [-0.05, 0) is 38.5 Å². The number of carbonyl (C=O) groups is 3. The molecule has 1 rings (SSSR count). The van der Waals surface area contributed by atoms with Gasteiger partial charge in [0.1, 0.15) is 0 Å². The second-order valence-corrected chi connectivity index (χ2v) is 6.67. The second kappa shape index (κ2) is 14.9. The first-order valence-corrected chi connectivity index (χ1v) is 10.1. The fraction of sp³-hybridized carbons (Fsp3) is 0.591. The van der Waals surface area contributed by atoms with Crippen molar-refractivity contribution in [3.63, 3.8) is 0 Å². The van der Waals surface area contributed by atoms with Crippen molar-refractivity contribution in [2.75, 3.05) is 0 Å². The van der Waals surface area contributed by atoms with Gasteiger partial charge in [-0.2, -0.15) is 0 Å². The van der Waals surface area contributed by atoms with Gasteiger partial charge in [0.25, 0.3) is 0 Å². The Balaban J connectivity index is 1.90. The third-order valence-corrected chi connectivity index (χ3v) is 4.20. The van der Waals surface area contributed by atoms with Gasteiger partial charge in [0.05, 0.1) is 6.08 Å². The number of unbranched alkanes of at least 4 members (excludes halogenated alkanes) is 8. The smallest absolute Gasteiger partial charge is 0.382 e. The Kier molecular flexibility index (Phi) is 12.7. The number of esters is 3. The molecule has 0 aliphatic carbocycles. The molecule has 0 bridgehead atoms. The monoisotopic (exact) mass is 376 g/mol. The number of rotatable bonds is 15. The minimum atomic E-state index is -0.895. The molecule has 1 aliphatic rings. The van der Waals surface area contributed by atoms with Crippen LogP contribution in [0.2, 0.25) is 0 Å². The van der Waals surface area contributed by atoms with E-state index in [0.29, 0.717) is 6.42 Å². The summed E-state index contributed by atoms with van der Waals surface area (Å²) in [6, 6.07) is 0. The van der Waals surface area contributed by atoms with Gasteiger partial charge in [-0.3, -0.25) is 4.79 Å². The zero-order chi connectivity index (χ0) is 19.7. The van der Waals surface area contributed by atoms with E-state index >= 15 is 0 Å². The number of allylic oxidation sites excluding steroid dienone is 4. The van der Waals surface area contributed by atoms with Crippen molar-refractivity contribution in [2.45, 2.75) is 84.0 Å². The SMILES string of the molecule is CCCCC/C=C\C/C=C\CCCCCCCC(=O)OC1=CC(=O)OC1=O. The van der Waals surface area contributed by atoms with Crippen molar-refractivity contribution < 1.29 is 23.9 Å². The van der Waals surface area contributed by atoms with Crippen LogP contribution >= 0.6 is 0 Å². The maximum absolute atomic E-state index is 11.6. The van der Waals surface area contributed by atoms with Crippen LogP contribution in [0.3, 0.4) is 0 Å². The molecule has 0 aromatic heterocycles. The lowest BCUT2D eigenvalue weighted by Gasteiger charge is -2.02. The zero-order valence-electron chi connectivity index (χ0n) is 16.4. The molecule has 0 spiro atoms. The number of ether oxygens (including phenoxy) is 2. The third kappa shape index (κ3) is 11.9. The Morgan fingerprint density at radius 3 is 2.19 bits per heavy atom. The highest BCUT2D eigenvalue weighted by Gasteiger charge is 2.27. The van der Waals surface area contributed by atoms with E-state index in [9.17, 15) is 14.4 Å². The second-order valence-electron chi connectivity index (χ2n) is 6.67. The number of cyclic esters (lactones) is 2. The van der Waals surface area contributed by atoms with Crippen molar-refractivity contribution in [2.24, 2.45) is 0 Å². The van der Waals surface area contributed by atoms with Crippen LogP contribution in [0.4, 0.5) is 0 Å². The van der Waals surface area contributed by atoms with E-state index in [1.165, 1.54) is 25.7 Å². The predicted octanol–water partition coefficient (Wildman–Crippen LogP) is 5.31. The van der Waals surface area contributed by atoms with Gasteiger partial charge in [-0.15, -0.1) is 0 Å². The van der Waals surface area contributed by atoms with Gasteiger partial charge in [-0.25, -0.2) is 9.59 Å². The quantitative estimate of drug-likeness (QED) is 0.168. The minimum Gasteiger partial charge on any atom is -0.418 e. The summed E-state index contributed by atoms with van der Waals surface area (Å²) >= 11 is 0. The van der Waals surface area contributed by atoms with E-state index in [1.54, 1.807) is 0 Å². The molecule has 0 amide bonds. The van der Waals surface area contributed by atoms with Crippen molar-refractivity contribution in [1.82, 2.24) is 0 Å². The third-order valence-electron chi connectivity index (χ3n) is 4.20. The summed E-state index contributed by atoms with van der Waals surface area (Å²) in [5.74, 6) is -2.50. The average molecular weight is 376 g/mol. The Labute approximate surface area is 162 Å². The maximum atomic E-state index is 11.6. The van der Waals surface area contributed by atoms with E-state index in [4.69, 9.17) is 4.74 Å². The molecule has 0 N–H and O–H groups in total. The largest absolute Gasteiger partial charge is 0.418 e. The molecule has 27 heavy (non-hydrogen) atoms. The van der Waals surface area contributed by atoms with Gasteiger partial charge in [0.2, 0.25) is 5.76 Å². The van der Waals surface area contributed by atoms with Crippen molar-refractivity contribution in [1.29, 1.82) is 0 Å². The Hall–Kier alpha value is -2.17. The molecule has 0 atom stereocenters. The highest BCUT2D eigenvalue weighted by Crippen LogP contribution is 2.13. The van der Waals surface area contributed by atoms with Crippen LogP contribution in [0.1, 0.15) is 84.0 Å². The molecule has 0 saturated heterocycles. The Morgan fingerprint density at radius 1 is 0.926 bits per heavy atom. The molecule has 5 nitrogen and oxygen atoms in total. The summed E-state index contributed by atoms with van der Waals surface area (Å²) in [6.45, 7) is 2.22. The predicted molar refractivity (Wildman–Crippen MR) is 105 cm³/mol. The molecule has 1 aliphatic heterocycles. The van der Waals surface area contributed by atoms with Crippen LogP contribution in [0.25, 0.3) is 0 Å². The fourth-order valence-electron chi connectivity index (χ4n) is 2.66. The van der Waals surface area contributed by atoms with Gasteiger partial charge >= 0.3 is 17.9 Å². The molecule has 0 saturated carbocycles. The minimum absolute atomic E-state index is 0.239. The first kappa shape index (κ1) is 22.9. The van der Waals surface area contributed by atoms with E-state index in [0.717, 1.165) is 44.6 Å². The number of carbonyl (C=O) groups excluding carboxylic acids is 3. The number of hydrogen-bond acceptors (Lipinski definition) is 5. The molecule has 1 heterocycles. The van der Waals surface area contributed by atoms with Crippen LogP contribution in [0.15, 0.2) is 36.1 Å². The highest BCUT2D eigenvalue weighted by atomic mass is 16.6. The fourth-order valence-corrected chi connectivity index (χ4v) is 2.66. The highest BCUT2D eigenvalue weighted by molar-refractivity contribution is 6.08. The summed E-state index contributed by atoms with van der Waals surface area (Å²) in [7, 11) is 0. The topological polar surface area (TPSA) is 69.7 Å². The van der Waals surface area contributed by atoms with E-state index < -0.39 is 17.9 Å². The van der Waals surface area contributed by atoms with Gasteiger partial charge < -0.3 is 9.47 Å². The van der Waals surface area contributed by atoms with E-state index in [2.05, 4.69) is 36.0 Å². The lowest BCUT2D eigenvalue weighted by molar-refractivity contribution is -0.155. The summed E-state index contributed by atoms with van der Waals surface area (Å²) < 4.78 is 9.07. The van der Waals surface area contributed by atoms with E-state index in [1.807, 2.05) is 0 Å². The lowest BCUT2D eigenvalue weighted by Crippen LogP contribution is -2.09. The normalized spacial score (nSPS) is 14.2. The van der Waals surface area contributed by atoms with Crippen LogP contribution in [-0.2, 0) is 23.9 Å². The Bertz CT molecular complexity index is 557. The molecule has 5 heteroatoms. The lowest BCUT2D eigenvalue weighted by atomic mass is 10.1.